The zero-order chi connectivity index (χ0) is 45.7. The predicted molar refractivity (Wildman–Crippen MR) is 289 cm³/mol. The molecule has 69 heavy (non-hydrogen) atoms. The van der Waals surface area contributed by atoms with Crippen LogP contribution in [0.4, 0.5) is 17.1 Å². The Morgan fingerprint density at radius 2 is 0.754 bits per heavy atom. The lowest BCUT2D eigenvalue weighted by Gasteiger charge is -2.34. The van der Waals surface area contributed by atoms with Crippen molar-refractivity contribution in [3.63, 3.8) is 0 Å². The van der Waals surface area contributed by atoms with Crippen molar-refractivity contribution in [3.05, 3.63) is 301 Å². The molecule has 13 rings (SSSR count). The van der Waals surface area contributed by atoms with E-state index < -0.39 is 5.41 Å². The van der Waals surface area contributed by atoms with Crippen LogP contribution in [0.2, 0.25) is 0 Å². The van der Waals surface area contributed by atoms with Gasteiger partial charge in [-0.3, -0.25) is 0 Å². The quantitative estimate of drug-likeness (QED) is 0.140. The van der Waals surface area contributed by atoms with E-state index in [2.05, 4.69) is 289 Å². The molecule has 0 saturated heterocycles. The number of para-hydroxylation sites is 2. The highest BCUT2D eigenvalue weighted by atomic mass is 15.1. The van der Waals surface area contributed by atoms with Gasteiger partial charge in [-0.05, 0) is 133 Å². The molecule has 0 amide bonds. The normalized spacial score (nSPS) is 12.5. The number of nitrogens with zero attached hydrogens (tertiary/aromatic N) is 2. The minimum absolute atomic E-state index is 0.447. The van der Waals surface area contributed by atoms with E-state index in [-0.39, 0.29) is 0 Å². The van der Waals surface area contributed by atoms with E-state index >= 15 is 0 Å². The van der Waals surface area contributed by atoms with Gasteiger partial charge in [-0.2, -0.15) is 0 Å². The largest absolute Gasteiger partial charge is 0.310 e. The molecule has 0 spiro atoms. The lowest BCUT2D eigenvalue weighted by Crippen LogP contribution is -2.28. The molecule has 1 aliphatic carbocycles. The Hall–Kier alpha value is -8.98. The van der Waals surface area contributed by atoms with E-state index in [9.17, 15) is 0 Å². The number of fused-ring (bicyclic) bond motifs is 6. The first-order valence-electron chi connectivity index (χ1n) is 23.8. The third-order valence-corrected chi connectivity index (χ3v) is 14.3. The van der Waals surface area contributed by atoms with Crippen LogP contribution >= 0.6 is 0 Å². The van der Waals surface area contributed by atoms with E-state index in [0.717, 1.165) is 28.3 Å². The van der Waals surface area contributed by atoms with E-state index in [1.54, 1.807) is 0 Å². The fourth-order valence-corrected chi connectivity index (χ4v) is 11.1. The summed E-state index contributed by atoms with van der Waals surface area (Å²) in [5, 5.41) is 2.49. The first-order chi connectivity index (χ1) is 34.2. The monoisotopic (exact) mass is 878 g/mol. The standard InChI is InChI=1S/C67H46N2/c1-5-18-47(19-6-1)48-36-39-56(40-37-48)69-65-31-16-14-29-60(65)62-45-52(38-43-66(62)69)50-34-32-49(33-35-50)51-20-17-27-57(44-51)68(55-25-11-4-12-26-55)58-41-42-64-61(46-58)59-28-13-15-30-63(59)67(64,53-21-7-2-8-22-53)54-23-9-3-10-24-54/h1-46H. The lowest BCUT2D eigenvalue weighted by atomic mass is 9.68. The zero-order valence-corrected chi connectivity index (χ0v) is 38.0. The van der Waals surface area contributed by atoms with Crippen LogP contribution in [0.3, 0.4) is 0 Å². The molecule has 0 saturated carbocycles. The number of benzene rings is 11. The maximum Gasteiger partial charge on any atom is 0.0713 e. The van der Waals surface area contributed by atoms with Gasteiger partial charge in [0.15, 0.2) is 0 Å². The van der Waals surface area contributed by atoms with Crippen molar-refractivity contribution in [3.8, 4) is 50.2 Å². The Morgan fingerprint density at radius 3 is 1.46 bits per heavy atom. The van der Waals surface area contributed by atoms with E-state index in [1.165, 1.54) is 83.0 Å². The summed E-state index contributed by atoms with van der Waals surface area (Å²) in [4.78, 5) is 2.40. The number of hydrogen-bond acceptors (Lipinski definition) is 1. The highest BCUT2D eigenvalue weighted by Crippen LogP contribution is 2.57. The van der Waals surface area contributed by atoms with Gasteiger partial charge in [-0.1, -0.05) is 212 Å². The fraction of sp³-hybridized carbons (Fsp3) is 0.0149. The van der Waals surface area contributed by atoms with Crippen molar-refractivity contribution in [1.29, 1.82) is 0 Å². The maximum atomic E-state index is 2.41. The van der Waals surface area contributed by atoms with Crippen LogP contribution in [0.1, 0.15) is 22.3 Å². The first kappa shape index (κ1) is 40.3. The molecule has 0 radical (unpaired) electrons. The van der Waals surface area contributed by atoms with Gasteiger partial charge >= 0.3 is 0 Å². The molecule has 0 aliphatic heterocycles. The SMILES string of the molecule is c1ccc(-c2ccc(-n3c4ccccc4c4cc(-c5ccc(-c6cccc(N(c7ccccc7)c7ccc8c(c7)-c7ccccc7C8(c7ccccc7)c7ccccc7)c6)cc5)ccc43)cc2)cc1. The average molecular weight is 879 g/mol. The minimum atomic E-state index is -0.447. The Morgan fingerprint density at radius 1 is 0.275 bits per heavy atom. The molecule has 11 aromatic carbocycles. The fourth-order valence-electron chi connectivity index (χ4n) is 11.1. The summed E-state index contributed by atoms with van der Waals surface area (Å²) in [5.41, 5.74) is 21.2. The summed E-state index contributed by atoms with van der Waals surface area (Å²) in [6.45, 7) is 0. The Balaban J connectivity index is 0.860. The summed E-state index contributed by atoms with van der Waals surface area (Å²) >= 11 is 0. The zero-order valence-electron chi connectivity index (χ0n) is 38.0. The summed E-state index contributed by atoms with van der Waals surface area (Å²) < 4.78 is 2.39. The van der Waals surface area contributed by atoms with E-state index in [0.29, 0.717) is 0 Å². The molecule has 2 nitrogen and oxygen atoms in total. The Labute approximate surface area is 403 Å². The Kier molecular flexibility index (Phi) is 9.77. The van der Waals surface area contributed by atoms with Crippen molar-refractivity contribution in [2.24, 2.45) is 0 Å². The van der Waals surface area contributed by atoms with Crippen molar-refractivity contribution < 1.29 is 0 Å². The summed E-state index contributed by atoms with van der Waals surface area (Å²) in [6.07, 6.45) is 0. The smallest absolute Gasteiger partial charge is 0.0713 e. The molecule has 1 heterocycles. The van der Waals surface area contributed by atoms with Gasteiger partial charge in [0, 0.05) is 33.5 Å². The second kappa shape index (κ2) is 16.7. The van der Waals surface area contributed by atoms with E-state index in [4.69, 9.17) is 0 Å². The second-order valence-corrected chi connectivity index (χ2v) is 18.1. The summed E-state index contributed by atoms with van der Waals surface area (Å²) in [5.74, 6) is 0. The van der Waals surface area contributed by atoms with Crippen molar-refractivity contribution in [1.82, 2.24) is 4.57 Å². The lowest BCUT2D eigenvalue weighted by molar-refractivity contribution is 0.768. The van der Waals surface area contributed by atoms with Gasteiger partial charge in [0.05, 0.1) is 16.4 Å². The molecule has 1 aromatic heterocycles. The Bertz CT molecular complexity index is 3760. The van der Waals surface area contributed by atoms with Crippen LogP contribution in [0.5, 0.6) is 0 Å². The third kappa shape index (κ3) is 6.72. The van der Waals surface area contributed by atoms with Gasteiger partial charge in [-0.15, -0.1) is 0 Å². The van der Waals surface area contributed by atoms with Crippen molar-refractivity contribution >= 4 is 38.9 Å². The summed E-state index contributed by atoms with van der Waals surface area (Å²) in [7, 11) is 0. The molecule has 1 aliphatic rings. The van der Waals surface area contributed by atoms with Gasteiger partial charge in [0.2, 0.25) is 0 Å². The number of rotatable bonds is 9. The van der Waals surface area contributed by atoms with Crippen molar-refractivity contribution in [2.45, 2.75) is 5.41 Å². The van der Waals surface area contributed by atoms with Crippen LogP contribution in [0.15, 0.2) is 279 Å². The van der Waals surface area contributed by atoms with Gasteiger partial charge in [0.25, 0.3) is 0 Å². The van der Waals surface area contributed by atoms with Crippen LogP contribution in [-0.2, 0) is 5.41 Å². The molecule has 0 bridgehead atoms. The third-order valence-electron chi connectivity index (χ3n) is 14.3. The molecule has 324 valence electrons. The van der Waals surface area contributed by atoms with Crippen LogP contribution < -0.4 is 4.90 Å². The topological polar surface area (TPSA) is 8.17 Å². The minimum Gasteiger partial charge on any atom is -0.310 e. The highest BCUT2D eigenvalue weighted by Gasteiger charge is 2.46. The van der Waals surface area contributed by atoms with Crippen LogP contribution in [0, 0.1) is 0 Å². The van der Waals surface area contributed by atoms with Crippen LogP contribution in [0.25, 0.3) is 72.0 Å². The number of anilines is 3. The van der Waals surface area contributed by atoms with E-state index in [1.807, 2.05) is 0 Å². The van der Waals surface area contributed by atoms with Crippen LogP contribution in [-0.4, -0.2) is 4.57 Å². The number of aromatic nitrogens is 1. The molecular formula is C67H46N2. The van der Waals surface area contributed by atoms with Crippen molar-refractivity contribution in [2.75, 3.05) is 4.90 Å². The maximum absolute atomic E-state index is 2.41. The van der Waals surface area contributed by atoms with Gasteiger partial charge < -0.3 is 9.47 Å². The molecule has 12 aromatic rings. The molecule has 0 N–H and O–H groups in total. The number of hydrogen-bond donors (Lipinski definition) is 0. The molecule has 2 heteroatoms. The predicted octanol–water partition coefficient (Wildman–Crippen LogP) is 17.6. The highest BCUT2D eigenvalue weighted by molar-refractivity contribution is 6.10. The average Bonchev–Trinajstić information content (AvgIpc) is 3.92. The molecular weight excluding hydrogens is 833 g/mol. The van der Waals surface area contributed by atoms with Gasteiger partial charge in [-0.25, -0.2) is 0 Å². The molecule has 0 unspecified atom stereocenters. The first-order valence-corrected chi connectivity index (χ1v) is 23.8. The second-order valence-electron chi connectivity index (χ2n) is 18.1. The summed E-state index contributed by atoms with van der Waals surface area (Å²) in [6, 6.07) is 102. The van der Waals surface area contributed by atoms with Gasteiger partial charge in [0.1, 0.15) is 0 Å². The molecule has 0 atom stereocenters. The molecule has 0 fully saturated rings.